The summed E-state index contributed by atoms with van der Waals surface area (Å²) in [5, 5.41) is 2.76. The highest BCUT2D eigenvalue weighted by Gasteiger charge is 2.18. The third-order valence-corrected chi connectivity index (χ3v) is 3.24. The number of ether oxygens (including phenoxy) is 1. The Morgan fingerprint density at radius 1 is 1.43 bits per heavy atom. The van der Waals surface area contributed by atoms with Crippen molar-refractivity contribution in [2.45, 2.75) is 19.4 Å². The molecule has 0 fully saturated rings. The molecule has 0 radical (unpaired) electrons. The molecule has 0 aliphatic heterocycles. The van der Waals surface area contributed by atoms with Crippen LogP contribution in [0.15, 0.2) is 18.5 Å². The average Bonchev–Trinajstić information content (AvgIpc) is 2.86. The monoisotopic (exact) mass is 297 g/mol. The second-order valence-electron chi connectivity index (χ2n) is 4.72. The van der Waals surface area contributed by atoms with Crippen LogP contribution in [0.4, 0.5) is 8.78 Å². The Hall–Kier alpha value is -2.02. The highest BCUT2D eigenvalue weighted by molar-refractivity contribution is 5.83. The molecule has 0 aliphatic rings. The molecule has 5 nitrogen and oxygen atoms in total. The first-order valence-corrected chi connectivity index (χ1v) is 6.63. The number of halogens is 2. The second-order valence-corrected chi connectivity index (χ2v) is 4.72. The van der Waals surface area contributed by atoms with Crippen LogP contribution in [0.3, 0.4) is 0 Å². The lowest BCUT2D eigenvalue weighted by molar-refractivity contribution is -0.123. The normalized spacial score (nSPS) is 12.6. The van der Waals surface area contributed by atoms with Gasteiger partial charge in [0.2, 0.25) is 5.91 Å². The molecule has 1 unspecified atom stereocenters. The van der Waals surface area contributed by atoms with Crippen molar-refractivity contribution in [3.05, 3.63) is 30.1 Å². The van der Waals surface area contributed by atoms with Gasteiger partial charge in [-0.1, -0.05) is 0 Å². The fraction of sp³-hybridized carbons (Fsp3) is 0.429. The lowest BCUT2D eigenvalue weighted by Gasteiger charge is -2.14. The van der Waals surface area contributed by atoms with Gasteiger partial charge in [0.05, 0.1) is 17.4 Å². The van der Waals surface area contributed by atoms with Gasteiger partial charge in [0.15, 0.2) is 11.6 Å². The van der Waals surface area contributed by atoms with Crippen molar-refractivity contribution in [1.82, 2.24) is 14.9 Å². The minimum atomic E-state index is -0.961. The zero-order valence-corrected chi connectivity index (χ0v) is 11.9. The van der Waals surface area contributed by atoms with Crippen LogP contribution in [0.25, 0.3) is 11.0 Å². The van der Waals surface area contributed by atoms with Crippen LogP contribution in [0, 0.1) is 11.6 Å². The van der Waals surface area contributed by atoms with Crippen LogP contribution in [0.1, 0.15) is 19.4 Å². The van der Waals surface area contributed by atoms with E-state index in [-0.39, 0.29) is 5.91 Å². The molecule has 2 rings (SSSR count). The van der Waals surface area contributed by atoms with E-state index < -0.39 is 17.7 Å². The largest absolute Gasteiger partial charge is 0.385 e. The summed E-state index contributed by atoms with van der Waals surface area (Å²) >= 11 is 0. The molecule has 21 heavy (non-hydrogen) atoms. The highest BCUT2D eigenvalue weighted by Crippen LogP contribution is 2.20. The van der Waals surface area contributed by atoms with Crippen molar-refractivity contribution in [3.63, 3.8) is 0 Å². The summed E-state index contributed by atoms with van der Waals surface area (Å²) in [6, 6.07) is 1.50. The number of nitrogens with zero attached hydrogens (tertiary/aromatic N) is 2. The summed E-state index contributed by atoms with van der Waals surface area (Å²) < 4.78 is 32.9. The minimum absolute atomic E-state index is 0.213. The molecule has 7 heteroatoms. The van der Waals surface area contributed by atoms with E-state index in [0.717, 1.165) is 12.1 Å². The molecule has 1 heterocycles. The van der Waals surface area contributed by atoms with Crippen molar-refractivity contribution < 1.29 is 18.3 Å². The van der Waals surface area contributed by atoms with Gasteiger partial charge in [-0.05, 0) is 13.3 Å². The molecule has 0 spiro atoms. The smallest absolute Gasteiger partial charge is 0.242 e. The van der Waals surface area contributed by atoms with E-state index in [4.69, 9.17) is 4.74 Å². The van der Waals surface area contributed by atoms with Crippen molar-refractivity contribution in [3.8, 4) is 0 Å². The quantitative estimate of drug-likeness (QED) is 0.830. The van der Waals surface area contributed by atoms with Crippen molar-refractivity contribution in [1.29, 1.82) is 0 Å². The van der Waals surface area contributed by atoms with Crippen LogP contribution in [-0.4, -0.2) is 35.7 Å². The maximum absolute atomic E-state index is 13.3. The molecule has 1 aromatic heterocycles. The van der Waals surface area contributed by atoms with Crippen molar-refractivity contribution in [2.75, 3.05) is 20.3 Å². The Bertz CT molecular complexity index is 642. The first-order chi connectivity index (χ1) is 10.0. The standard InChI is InChI=1S/C14H17F2N3O2/c1-9(14(20)17-4-3-5-21-2)19-8-18-12-6-10(15)11(16)7-13(12)19/h6-9H,3-5H2,1-2H3,(H,17,20). The van der Waals surface area contributed by atoms with Gasteiger partial charge in [0, 0.05) is 32.4 Å². The number of methoxy groups -OCH3 is 1. The van der Waals surface area contributed by atoms with Gasteiger partial charge < -0.3 is 14.6 Å². The molecule has 1 N–H and O–H groups in total. The van der Waals surface area contributed by atoms with Crippen LogP contribution in [0.5, 0.6) is 0 Å². The zero-order valence-electron chi connectivity index (χ0n) is 11.9. The predicted octanol–water partition coefficient (Wildman–Crippen LogP) is 2.03. The maximum Gasteiger partial charge on any atom is 0.242 e. The van der Waals surface area contributed by atoms with Crippen molar-refractivity contribution >= 4 is 16.9 Å². The van der Waals surface area contributed by atoms with E-state index >= 15 is 0 Å². The van der Waals surface area contributed by atoms with E-state index in [9.17, 15) is 13.6 Å². The number of hydrogen-bond donors (Lipinski definition) is 1. The SMILES string of the molecule is COCCCNC(=O)C(C)n1cnc2cc(F)c(F)cc21. The van der Waals surface area contributed by atoms with Gasteiger partial charge in [-0.3, -0.25) is 4.79 Å². The van der Waals surface area contributed by atoms with Crippen LogP contribution < -0.4 is 5.32 Å². The molecular weight excluding hydrogens is 280 g/mol. The number of amides is 1. The molecule has 1 amide bonds. The molecule has 2 aromatic rings. The summed E-state index contributed by atoms with van der Waals surface area (Å²) in [5.74, 6) is -2.13. The average molecular weight is 297 g/mol. The summed E-state index contributed by atoms with van der Waals surface area (Å²) in [6.07, 6.45) is 2.11. The van der Waals surface area contributed by atoms with E-state index in [0.29, 0.717) is 30.6 Å². The summed E-state index contributed by atoms with van der Waals surface area (Å²) in [7, 11) is 1.59. The summed E-state index contributed by atoms with van der Waals surface area (Å²) in [5.41, 5.74) is 0.696. The Morgan fingerprint density at radius 2 is 2.14 bits per heavy atom. The van der Waals surface area contributed by atoms with Crippen LogP contribution >= 0.6 is 0 Å². The molecule has 0 saturated carbocycles. The van der Waals surface area contributed by atoms with E-state index in [2.05, 4.69) is 10.3 Å². The second kappa shape index (κ2) is 6.62. The number of hydrogen-bond acceptors (Lipinski definition) is 3. The third-order valence-electron chi connectivity index (χ3n) is 3.24. The summed E-state index contributed by atoms with van der Waals surface area (Å²) in [4.78, 5) is 16.0. The zero-order chi connectivity index (χ0) is 15.4. The number of imidazole rings is 1. The first-order valence-electron chi connectivity index (χ1n) is 6.63. The lowest BCUT2D eigenvalue weighted by atomic mass is 10.2. The molecule has 0 saturated heterocycles. The number of benzene rings is 1. The van der Waals surface area contributed by atoms with Crippen LogP contribution in [0.2, 0.25) is 0 Å². The van der Waals surface area contributed by atoms with Gasteiger partial charge >= 0.3 is 0 Å². The molecule has 114 valence electrons. The van der Waals surface area contributed by atoms with Gasteiger partial charge in [0.25, 0.3) is 0 Å². The van der Waals surface area contributed by atoms with Gasteiger partial charge in [-0.2, -0.15) is 0 Å². The Balaban J connectivity index is 2.13. The number of rotatable bonds is 6. The molecule has 0 aliphatic carbocycles. The maximum atomic E-state index is 13.3. The Kier molecular flexibility index (Phi) is 4.85. The van der Waals surface area contributed by atoms with E-state index in [1.165, 1.54) is 10.9 Å². The Morgan fingerprint density at radius 3 is 2.86 bits per heavy atom. The fourth-order valence-electron chi connectivity index (χ4n) is 2.03. The molecule has 1 atom stereocenters. The molecule has 1 aromatic carbocycles. The predicted molar refractivity (Wildman–Crippen MR) is 73.9 cm³/mol. The van der Waals surface area contributed by atoms with Crippen molar-refractivity contribution in [2.24, 2.45) is 0 Å². The number of carbonyl (C=O) groups excluding carboxylic acids is 1. The van der Waals surface area contributed by atoms with Gasteiger partial charge in [0.1, 0.15) is 6.04 Å². The number of fused-ring (bicyclic) bond motifs is 1. The van der Waals surface area contributed by atoms with E-state index in [1.807, 2.05) is 0 Å². The van der Waals surface area contributed by atoms with E-state index in [1.54, 1.807) is 14.0 Å². The molecular formula is C14H17F2N3O2. The minimum Gasteiger partial charge on any atom is -0.385 e. The van der Waals surface area contributed by atoms with Gasteiger partial charge in [-0.15, -0.1) is 0 Å². The van der Waals surface area contributed by atoms with Gasteiger partial charge in [-0.25, -0.2) is 13.8 Å². The number of carbonyl (C=O) groups is 1. The Labute approximate surface area is 120 Å². The topological polar surface area (TPSA) is 56.1 Å². The third kappa shape index (κ3) is 3.36. The fourth-order valence-corrected chi connectivity index (χ4v) is 2.03. The summed E-state index contributed by atoms with van der Waals surface area (Å²) in [6.45, 7) is 2.73. The highest BCUT2D eigenvalue weighted by atomic mass is 19.2. The lowest BCUT2D eigenvalue weighted by Crippen LogP contribution is -2.31. The first kappa shape index (κ1) is 15.4. The molecule has 0 bridgehead atoms. The number of nitrogens with one attached hydrogen (secondary N) is 1. The number of aromatic nitrogens is 2. The van der Waals surface area contributed by atoms with Crippen LogP contribution in [-0.2, 0) is 9.53 Å².